The van der Waals surface area contributed by atoms with Crippen LogP contribution in [0.1, 0.15) is 53.8 Å². The molecule has 3 saturated carbocycles. The zero-order chi connectivity index (χ0) is 27.0. The van der Waals surface area contributed by atoms with Gasteiger partial charge >= 0.3 is 6.03 Å². The van der Waals surface area contributed by atoms with Gasteiger partial charge in [0.2, 0.25) is 0 Å². The summed E-state index contributed by atoms with van der Waals surface area (Å²) in [6.45, 7) is 2.39. The molecule has 1 aromatic heterocycles. The van der Waals surface area contributed by atoms with Crippen LogP contribution in [0, 0.1) is 0 Å². The molecule has 3 heterocycles. The van der Waals surface area contributed by atoms with Crippen molar-refractivity contribution < 1.29 is 23.8 Å². The largest absolute Gasteiger partial charge is 0.493 e. The molecular weight excluding hydrogens is 498 g/mol. The van der Waals surface area contributed by atoms with Gasteiger partial charge in [0, 0.05) is 35.4 Å². The molecular formula is C29H35N5O5. The summed E-state index contributed by atoms with van der Waals surface area (Å²) in [7, 11) is 3.23. The maximum absolute atomic E-state index is 13.4. The Labute approximate surface area is 228 Å². The fourth-order valence-corrected chi connectivity index (χ4v) is 6.29. The number of morpholine rings is 1. The van der Waals surface area contributed by atoms with Crippen molar-refractivity contribution in [3.63, 3.8) is 0 Å². The van der Waals surface area contributed by atoms with Crippen LogP contribution in [-0.2, 0) is 11.2 Å². The lowest BCUT2D eigenvalue weighted by Crippen LogP contribution is -2.84. The molecule has 206 valence electrons. The van der Waals surface area contributed by atoms with Crippen molar-refractivity contribution in [1.82, 2.24) is 25.3 Å². The van der Waals surface area contributed by atoms with Crippen molar-refractivity contribution in [1.29, 1.82) is 0 Å². The summed E-state index contributed by atoms with van der Waals surface area (Å²) < 4.78 is 18.1. The van der Waals surface area contributed by atoms with Crippen molar-refractivity contribution >= 4 is 17.6 Å². The van der Waals surface area contributed by atoms with Crippen LogP contribution in [0.5, 0.6) is 11.5 Å². The van der Waals surface area contributed by atoms with Crippen molar-refractivity contribution in [2.75, 3.05) is 40.5 Å². The predicted octanol–water partition coefficient (Wildman–Crippen LogP) is 3.13. The van der Waals surface area contributed by atoms with Crippen molar-refractivity contribution in [2.45, 2.75) is 49.6 Å². The highest BCUT2D eigenvalue weighted by molar-refractivity contribution is 5.94. The number of aryl methyl sites for hydroxylation is 1. The zero-order valence-electron chi connectivity index (χ0n) is 22.5. The van der Waals surface area contributed by atoms with Crippen molar-refractivity contribution in [2.24, 2.45) is 0 Å². The molecule has 5 aliphatic rings. The molecule has 0 atom stereocenters. The number of carbonyl (C=O) groups is 2. The molecule has 0 spiro atoms. The van der Waals surface area contributed by atoms with Crippen LogP contribution in [0.25, 0.3) is 5.70 Å². The van der Waals surface area contributed by atoms with Gasteiger partial charge in [-0.1, -0.05) is 12.2 Å². The normalized spacial score (nSPS) is 27.6. The average molecular weight is 534 g/mol. The standard InChI is InChI=1S/C29H35N5O5/c1-37-24-10-9-20(15-25(24)38-2)23-8-6-4-3-5-7-21-16-22(32-34(21)23)26(35)30-28-17-29(18-28,19-28)31-27(36)33-11-13-39-14-12-33/h4,6,8-10,15-16H,3,5,7,11-14,17-19H2,1-2H3,(H,30,35)(H,31,36)/b6-4-,23-8-. The Kier molecular flexibility index (Phi) is 6.58. The number of fused-ring (bicyclic) bond motifs is 1. The number of hydrogen-bond acceptors (Lipinski definition) is 6. The summed E-state index contributed by atoms with van der Waals surface area (Å²) in [6.07, 6.45) is 11.2. The van der Waals surface area contributed by atoms with Gasteiger partial charge in [-0.2, -0.15) is 5.10 Å². The van der Waals surface area contributed by atoms with Crippen LogP contribution in [0.4, 0.5) is 4.79 Å². The molecule has 10 nitrogen and oxygen atoms in total. The Bertz CT molecular complexity index is 1320. The summed E-state index contributed by atoms with van der Waals surface area (Å²) in [6, 6.07) is 7.63. The van der Waals surface area contributed by atoms with Gasteiger partial charge in [-0.05, 0) is 68.9 Å². The maximum Gasteiger partial charge on any atom is 0.317 e. The van der Waals surface area contributed by atoms with E-state index in [0.717, 1.165) is 55.5 Å². The van der Waals surface area contributed by atoms with Gasteiger partial charge in [-0.25, -0.2) is 9.48 Å². The van der Waals surface area contributed by atoms with Gasteiger partial charge in [-0.3, -0.25) is 4.79 Å². The number of nitrogens with zero attached hydrogens (tertiary/aromatic N) is 3. The third-order valence-corrected chi connectivity index (χ3v) is 8.20. The Morgan fingerprint density at radius 3 is 2.49 bits per heavy atom. The number of amides is 3. The topological polar surface area (TPSA) is 107 Å². The van der Waals surface area contributed by atoms with Crippen LogP contribution < -0.4 is 20.1 Å². The minimum atomic E-state index is -0.268. The highest BCUT2D eigenvalue weighted by Crippen LogP contribution is 2.60. The summed E-state index contributed by atoms with van der Waals surface area (Å²) >= 11 is 0. The SMILES string of the molecule is COc1ccc(/C2=C/C=C\CCCc3cc(C(=O)NC45CC(NC(=O)N6CCOCC6)(C4)C5)nn32)cc1OC. The summed E-state index contributed by atoms with van der Waals surface area (Å²) in [5.41, 5.74) is 2.68. The minimum absolute atomic E-state index is 0.0359. The van der Waals surface area contributed by atoms with Crippen molar-refractivity contribution in [3.8, 4) is 11.5 Å². The van der Waals surface area contributed by atoms with Gasteiger partial charge in [0.1, 0.15) is 0 Å². The highest BCUT2D eigenvalue weighted by Gasteiger charge is 2.69. The van der Waals surface area contributed by atoms with E-state index in [1.165, 1.54) is 0 Å². The number of allylic oxidation sites excluding steroid dienone is 3. The van der Waals surface area contributed by atoms with Crippen LogP contribution in [-0.4, -0.2) is 78.2 Å². The molecule has 0 radical (unpaired) electrons. The molecule has 10 heteroatoms. The molecule has 4 fully saturated rings. The van der Waals surface area contributed by atoms with E-state index in [4.69, 9.17) is 19.3 Å². The van der Waals surface area contributed by atoms with E-state index < -0.39 is 0 Å². The molecule has 2 aromatic rings. The highest BCUT2D eigenvalue weighted by atomic mass is 16.5. The van der Waals surface area contributed by atoms with Crippen LogP contribution >= 0.6 is 0 Å². The molecule has 39 heavy (non-hydrogen) atoms. The Balaban J connectivity index is 1.17. The maximum atomic E-state index is 13.4. The molecule has 1 aromatic carbocycles. The molecule has 7 rings (SSSR count). The molecule has 3 aliphatic carbocycles. The van der Waals surface area contributed by atoms with Gasteiger partial charge < -0.3 is 29.7 Å². The quantitative estimate of drug-likeness (QED) is 0.591. The second-order valence-corrected chi connectivity index (χ2v) is 10.9. The minimum Gasteiger partial charge on any atom is -0.493 e. The van der Waals surface area contributed by atoms with E-state index in [2.05, 4.69) is 16.7 Å². The first-order valence-electron chi connectivity index (χ1n) is 13.6. The zero-order valence-corrected chi connectivity index (χ0v) is 22.5. The van der Waals surface area contributed by atoms with Gasteiger partial charge in [0.15, 0.2) is 17.2 Å². The summed E-state index contributed by atoms with van der Waals surface area (Å²) in [4.78, 5) is 27.8. The van der Waals surface area contributed by atoms with E-state index in [0.29, 0.717) is 43.5 Å². The molecule has 3 amide bonds. The molecule has 1 saturated heterocycles. The van der Waals surface area contributed by atoms with Gasteiger partial charge in [0.25, 0.3) is 5.91 Å². The molecule has 2 bridgehead atoms. The summed E-state index contributed by atoms with van der Waals surface area (Å²) in [5, 5.41) is 11.2. The van der Waals surface area contributed by atoms with E-state index in [9.17, 15) is 9.59 Å². The van der Waals surface area contributed by atoms with Gasteiger partial charge in [0.05, 0.1) is 33.1 Å². The smallest absolute Gasteiger partial charge is 0.317 e. The first kappa shape index (κ1) is 25.5. The number of aromatic nitrogens is 2. The number of carbonyl (C=O) groups excluding carboxylic acids is 2. The summed E-state index contributed by atoms with van der Waals surface area (Å²) in [5.74, 6) is 1.10. The number of ether oxygens (including phenoxy) is 3. The van der Waals surface area contributed by atoms with Crippen LogP contribution in [0.15, 0.2) is 42.5 Å². The van der Waals surface area contributed by atoms with E-state index in [1.807, 2.05) is 41.1 Å². The van der Waals surface area contributed by atoms with E-state index >= 15 is 0 Å². The van der Waals surface area contributed by atoms with E-state index in [1.54, 1.807) is 19.1 Å². The number of urea groups is 1. The first-order chi connectivity index (χ1) is 18.9. The third-order valence-electron chi connectivity index (χ3n) is 8.20. The van der Waals surface area contributed by atoms with Gasteiger partial charge in [-0.15, -0.1) is 0 Å². The lowest BCUT2D eigenvalue weighted by Gasteiger charge is -2.70. The predicted molar refractivity (Wildman–Crippen MR) is 145 cm³/mol. The van der Waals surface area contributed by atoms with Crippen molar-refractivity contribution in [3.05, 3.63) is 59.4 Å². The number of methoxy groups -OCH3 is 2. The van der Waals surface area contributed by atoms with E-state index in [-0.39, 0.29) is 23.0 Å². The Morgan fingerprint density at radius 1 is 1.00 bits per heavy atom. The number of benzene rings is 1. The lowest BCUT2D eigenvalue weighted by molar-refractivity contribution is -0.0919. The number of hydrogen-bond donors (Lipinski definition) is 2. The number of nitrogens with one attached hydrogen (secondary N) is 2. The van der Waals surface area contributed by atoms with Crippen LogP contribution in [0.3, 0.4) is 0 Å². The Morgan fingerprint density at radius 2 is 1.74 bits per heavy atom. The Hall–Kier alpha value is -3.79. The molecule has 2 aliphatic heterocycles. The molecule has 0 unspecified atom stereocenters. The fraction of sp³-hybridized carbons (Fsp3) is 0.483. The second kappa shape index (κ2) is 10.1. The lowest BCUT2D eigenvalue weighted by atomic mass is 9.44. The number of rotatable bonds is 6. The third kappa shape index (κ3) is 4.78. The molecule has 2 N–H and O–H groups in total. The second-order valence-electron chi connectivity index (χ2n) is 10.9. The monoisotopic (exact) mass is 533 g/mol. The first-order valence-corrected chi connectivity index (χ1v) is 13.6. The fourth-order valence-electron chi connectivity index (χ4n) is 6.29. The van der Waals surface area contributed by atoms with Crippen LogP contribution in [0.2, 0.25) is 0 Å². The average Bonchev–Trinajstić information content (AvgIpc) is 3.37.